The van der Waals surface area contributed by atoms with Crippen LogP contribution in [-0.4, -0.2) is 94.6 Å². The van der Waals surface area contributed by atoms with Gasteiger partial charge in [-0.1, -0.05) is 29.8 Å². The average Bonchev–Trinajstić information content (AvgIpc) is 2.92. The first-order valence-electron chi connectivity index (χ1n) is 13.0. The van der Waals surface area contributed by atoms with E-state index in [-0.39, 0.29) is 35.4 Å². The Bertz CT molecular complexity index is 1250. The maximum absolute atomic E-state index is 13.9. The van der Waals surface area contributed by atoms with Gasteiger partial charge in [-0.25, -0.2) is 8.42 Å². The van der Waals surface area contributed by atoms with E-state index in [1.165, 1.54) is 16.4 Å². The Hall–Kier alpha value is -2.53. The van der Waals surface area contributed by atoms with Gasteiger partial charge in [0, 0.05) is 63.2 Å². The highest BCUT2D eigenvalue weighted by Gasteiger charge is 2.44. The fourth-order valence-corrected chi connectivity index (χ4v) is 7.40. The topological polar surface area (TPSA) is 88.6 Å². The molecular formula is C27H34ClN3O6S. The molecule has 0 saturated carbocycles. The molecule has 5 rings (SSSR count). The van der Waals surface area contributed by atoms with E-state index in [0.29, 0.717) is 62.9 Å². The number of hydrogen-bond acceptors (Lipinski definition) is 7. The number of piperidine rings is 1. The third-order valence-electron chi connectivity index (χ3n) is 7.51. The largest absolute Gasteiger partial charge is 0.493 e. The summed E-state index contributed by atoms with van der Waals surface area (Å²) >= 11 is 6.44. The second-order valence-electron chi connectivity index (χ2n) is 10.3. The number of carbonyl (C=O) groups excluding carboxylic acids is 1. The van der Waals surface area contributed by atoms with E-state index >= 15 is 0 Å². The zero-order valence-electron chi connectivity index (χ0n) is 21.6. The molecule has 11 heteroatoms. The van der Waals surface area contributed by atoms with Gasteiger partial charge in [0.1, 0.15) is 23.9 Å². The minimum Gasteiger partial charge on any atom is -0.493 e. The van der Waals surface area contributed by atoms with Crippen LogP contribution in [-0.2, 0) is 14.8 Å². The molecule has 0 radical (unpaired) electrons. The number of nitrogens with zero attached hydrogens (tertiary/aromatic N) is 3. The van der Waals surface area contributed by atoms with Crippen molar-refractivity contribution in [3.05, 3.63) is 47.5 Å². The molecule has 206 valence electrons. The predicted molar refractivity (Wildman–Crippen MR) is 143 cm³/mol. The first kappa shape index (κ1) is 27.1. The average molecular weight is 564 g/mol. The van der Waals surface area contributed by atoms with Crippen molar-refractivity contribution in [2.45, 2.75) is 24.2 Å². The number of amides is 1. The third kappa shape index (κ3) is 5.88. The van der Waals surface area contributed by atoms with Gasteiger partial charge in [0.2, 0.25) is 15.9 Å². The van der Waals surface area contributed by atoms with Gasteiger partial charge in [-0.3, -0.25) is 4.79 Å². The van der Waals surface area contributed by atoms with Crippen molar-refractivity contribution >= 4 is 27.5 Å². The van der Waals surface area contributed by atoms with Gasteiger partial charge in [-0.15, -0.1) is 0 Å². The fourth-order valence-electron chi connectivity index (χ4n) is 5.30. The van der Waals surface area contributed by atoms with Crippen LogP contribution < -0.4 is 14.2 Å². The first-order chi connectivity index (χ1) is 18.3. The number of para-hydroxylation sites is 1. The van der Waals surface area contributed by atoms with Crippen molar-refractivity contribution in [3.8, 4) is 17.2 Å². The van der Waals surface area contributed by atoms with E-state index in [0.717, 1.165) is 13.1 Å². The number of hydrogen-bond donors (Lipinski definition) is 0. The van der Waals surface area contributed by atoms with Crippen LogP contribution in [0.1, 0.15) is 19.3 Å². The summed E-state index contributed by atoms with van der Waals surface area (Å²) in [6.07, 6.45) is 1.50. The molecule has 9 nitrogen and oxygen atoms in total. The molecule has 3 aliphatic rings. The van der Waals surface area contributed by atoms with Crippen LogP contribution in [0, 0.1) is 5.41 Å². The molecule has 0 aliphatic carbocycles. The summed E-state index contributed by atoms with van der Waals surface area (Å²) in [5.74, 6) is 1.52. The normalized spacial score (nSPS) is 22.7. The second-order valence-corrected chi connectivity index (χ2v) is 12.6. The maximum Gasteiger partial charge on any atom is 0.244 e. The van der Waals surface area contributed by atoms with Crippen LogP contribution >= 0.6 is 11.6 Å². The molecule has 2 aromatic carbocycles. The minimum absolute atomic E-state index is 0.0198. The van der Waals surface area contributed by atoms with Crippen molar-refractivity contribution < 1.29 is 27.4 Å². The first-order valence-corrected chi connectivity index (χ1v) is 14.8. The van der Waals surface area contributed by atoms with Gasteiger partial charge in [0.15, 0.2) is 11.5 Å². The number of fused-ring (bicyclic) bond motifs is 1. The molecule has 2 saturated heterocycles. The van der Waals surface area contributed by atoms with E-state index in [1.807, 2.05) is 42.3 Å². The third-order valence-corrected chi connectivity index (χ3v) is 9.82. The molecule has 1 atom stereocenters. The molecular weight excluding hydrogens is 530 g/mol. The minimum atomic E-state index is -3.97. The van der Waals surface area contributed by atoms with Crippen LogP contribution in [0.3, 0.4) is 0 Å². The van der Waals surface area contributed by atoms with Crippen LogP contribution in [0.4, 0.5) is 0 Å². The summed E-state index contributed by atoms with van der Waals surface area (Å²) in [5, 5.41) is 0.0828. The second kappa shape index (κ2) is 11.3. The van der Waals surface area contributed by atoms with Crippen molar-refractivity contribution in [1.29, 1.82) is 0 Å². The Balaban J connectivity index is 1.40. The number of likely N-dealkylation sites (N-methyl/N-ethyl adjacent to an activating group) is 1. The van der Waals surface area contributed by atoms with Crippen molar-refractivity contribution in [1.82, 2.24) is 14.1 Å². The molecule has 3 heterocycles. The molecule has 1 unspecified atom stereocenters. The highest BCUT2D eigenvalue weighted by atomic mass is 35.5. The molecule has 0 bridgehead atoms. The van der Waals surface area contributed by atoms with E-state index in [2.05, 4.69) is 4.90 Å². The Kier molecular flexibility index (Phi) is 8.04. The van der Waals surface area contributed by atoms with Crippen LogP contribution in [0.15, 0.2) is 47.4 Å². The standard InChI is InChI=1S/C27H34ClN3O6S/c1-29-10-12-30(13-11-29)26(32)18-27(20-37-21-6-3-2-4-7-21)8-5-9-31(19-27)38(33,34)25-17-24-23(16-22(25)28)35-14-15-36-24/h2-4,6-7,16-17H,5,8-15,18-20H2,1H3. The zero-order chi connectivity index (χ0) is 26.8. The number of benzene rings is 2. The number of piperazine rings is 1. The molecule has 0 spiro atoms. The van der Waals surface area contributed by atoms with Crippen LogP contribution in [0.5, 0.6) is 17.2 Å². The van der Waals surface area contributed by atoms with E-state index in [1.54, 1.807) is 0 Å². The summed E-state index contributed by atoms with van der Waals surface area (Å²) in [7, 11) is -1.92. The fraction of sp³-hybridized carbons (Fsp3) is 0.519. The summed E-state index contributed by atoms with van der Waals surface area (Å²) in [6.45, 7) is 4.43. The molecule has 0 N–H and O–H groups in total. The molecule has 0 aromatic heterocycles. The van der Waals surface area contributed by atoms with Crippen molar-refractivity contribution in [3.63, 3.8) is 0 Å². The van der Waals surface area contributed by atoms with E-state index in [9.17, 15) is 13.2 Å². The Morgan fingerprint density at radius 3 is 2.42 bits per heavy atom. The molecule has 1 amide bonds. The van der Waals surface area contributed by atoms with Crippen LogP contribution in [0.2, 0.25) is 5.02 Å². The molecule has 2 fully saturated rings. The number of rotatable bonds is 7. The van der Waals surface area contributed by atoms with Crippen molar-refractivity contribution in [2.24, 2.45) is 5.41 Å². The van der Waals surface area contributed by atoms with Gasteiger partial charge in [0.25, 0.3) is 0 Å². The number of carbonyl (C=O) groups is 1. The number of halogens is 1. The summed E-state index contributed by atoms with van der Waals surface area (Å²) in [4.78, 5) is 17.5. The van der Waals surface area contributed by atoms with Gasteiger partial charge >= 0.3 is 0 Å². The lowest BCUT2D eigenvalue weighted by Gasteiger charge is -2.43. The highest BCUT2D eigenvalue weighted by Crippen LogP contribution is 2.41. The van der Waals surface area contributed by atoms with Gasteiger partial charge in [-0.05, 0) is 32.0 Å². The van der Waals surface area contributed by atoms with Gasteiger partial charge in [-0.2, -0.15) is 4.31 Å². The van der Waals surface area contributed by atoms with Crippen LogP contribution in [0.25, 0.3) is 0 Å². The summed E-state index contributed by atoms with van der Waals surface area (Å²) in [5.41, 5.74) is -0.679. The SMILES string of the molecule is CN1CCN(C(=O)CC2(COc3ccccc3)CCCN(S(=O)(=O)c3cc4c(cc3Cl)OCCO4)C2)CC1. The number of sulfonamides is 1. The Morgan fingerprint density at radius 2 is 1.71 bits per heavy atom. The smallest absolute Gasteiger partial charge is 0.244 e. The summed E-state index contributed by atoms with van der Waals surface area (Å²) in [6, 6.07) is 12.3. The molecule has 2 aromatic rings. The molecule has 3 aliphatic heterocycles. The van der Waals surface area contributed by atoms with Gasteiger partial charge < -0.3 is 24.0 Å². The maximum atomic E-state index is 13.9. The Labute approximate surface area is 229 Å². The lowest BCUT2D eigenvalue weighted by Crippen LogP contribution is -2.53. The van der Waals surface area contributed by atoms with Crippen molar-refractivity contribution in [2.75, 3.05) is 66.1 Å². The van der Waals surface area contributed by atoms with Gasteiger partial charge in [0.05, 0.1) is 11.6 Å². The lowest BCUT2D eigenvalue weighted by atomic mass is 9.78. The monoisotopic (exact) mass is 563 g/mol. The highest BCUT2D eigenvalue weighted by molar-refractivity contribution is 7.89. The zero-order valence-corrected chi connectivity index (χ0v) is 23.2. The van der Waals surface area contributed by atoms with E-state index < -0.39 is 15.4 Å². The lowest BCUT2D eigenvalue weighted by molar-refractivity contribution is -0.136. The Morgan fingerprint density at radius 1 is 1.03 bits per heavy atom. The predicted octanol–water partition coefficient (Wildman–Crippen LogP) is 3.13. The molecule has 38 heavy (non-hydrogen) atoms. The van der Waals surface area contributed by atoms with E-state index in [4.69, 9.17) is 25.8 Å². The quantitative estimate of drug-likeness (QED) is 0.511. The summed E-state index contributed by atoms with van der Waals surface area (Å²) < 4.78 is 46.5. The number of ether oxygens (including phenoxy) is 3.